The van der Waals surface area contributed by atoms with E-state index in [1.807, 2.05) is 24.3 Å². The summed E-state index contributed by atoms with van der Waals surface area (Å²) in [6, 6.07) is 8.10. The van der Waals surface area contributed by atoms with E-state index in [-0.39, 0.29) is 11.3 Å². The van der Waals surface area contributed by atoms with E-state index in [1.165, 1.54) is 5.56 Å². The summed E-state index contributed by atoms with van der Waals surface area (Å²) in [5.41, 5.74) is 8.22. The summed E-state index contributed by atoms with van der Waals surface area (Å²) >= 11 is 0. The molecule has 1 unspecified atom stereocenters. The maximum absolute atomic E-state index is 5.85. The Morgan fingerprint density at radius 1 is 1.20 bits per heavy atom. The van der Waals surface area contributed by atoms with Crippen LogP contribution in [0.25, 0.3) is 11.4 Å². The molecule has 2 rings (SSSR count). The summed E-state index contributed by atoms with van der Waals surface area (Å²) < 4.78 is 5.41. The summed E-state index contributed by atoms with van der Waals surface area (Å²) in [4.78, 5) is 4.51. The number of benzene rings is 1. The van der Waals surface area contributed by atoms with Crippen LogP contribution in [0.15, 0.2) is 28.8 Å². The van der Waals surface area contributed by atoms with E-state index < -0.39 is 0 Å². The zero-order valence-corrected chi connectivity index (χ0v) is 12.7. The van der Waals surface area contributed by atoms with Crippen molar-refractivity contribution in [3.63, 3.8) is 0 Å². The van der Waals surface area contributed by atoms with Gasteiger partial charge in [0.15, 0.2) is 0 Å². The van der Waals surface area contributed by atoms with Crippen LogP contribution in [0, 0.1) is 12.3 Å². The minimum atomic E-state index is 0.113. The van der Waals surface area contributed by atoms with Crippen molar-refractivity contribution in [3.05, 3.63) is 35.7 Å². The molecule has 0 radical (unpaired) electrons. The van der Waals surface area contributed by atoms with Crippen molar-refractivity contribution >= 4 is 0 Å². The molecule has 4 heteroatoms. The second kappa shape index (κ2) is 5.75. The Bertz CT molecular complexity index is 552. The fourth-order valence-corrected chi connectivity index (χ4v) is 2.23. The Balaban J connectivity index is 2.21. The van der Waals surface area contributed by atoms with Gasteiger partial charge in [0.05, 0.1) is 5.92 Å². The van der Waals surface area contributed by atoms with Crippen LogP contribution in [0.1, 0.15) is 44.6 Å². The topological polar surface area (TPSA) is 64.9 Å². The average Bonchev–Trinajstić information content (AvgIpc) is 2.85. The first-order chi connectivity index (χ1) is 9.39. The predicted molar refractivity (Wildman–Crippen MR) is 80.3 cm³/mol. The molecule has 2 N–H and O–H groups in total. The van der Waals surface area contributed by atoms with Crippen molar-refractivity contribution in [2.75, 3.05) is 6.54 Å². The van der Waals surface area contributed by atoms with Gasteiger partial charge >= 0.3 is 0 Å². The van der Waals surface area contributed by atoms with Gasteiger partial charge in [-0.15, -0.1) is 0 Å². The zero-order chi connectivity index (χ0) is 14.8. The molecule has 0 aliphatic rings. The van der Waals surface area contributed by atoms with Crippen molar-refractivity contribution in [1.29, 1.82) is 0 Å². The highest BCUT2D eigenvalue weighted by Crippen LogP contribution is 2.30. The summed E-state index contributed by atoms with van der Waals surface area (Å²) in [7, 11) is 0. The average molecular weight is 273 g/mol. The SMILES string of the molecule is Cc1ccc(-c2noc(C(CN)CC(C)(C)C)n2)cc1. The summed E-state index contributed by atoms with van der Waals surface area (Å²) in [5.74, 6) is 1.38. The van der Waals surface area contributed by atoms with E-state index in [0.29, 0.717) is 18.3 Å². The third-order valence-corrected chi connectivity index (χ3v) is 3.24. The minimum Gasteiger partial charge on any atom is -0.339 e. The highest BCUT2D eigenvalue weighted by Gasteiger charge is 2.24. The maximum atomic E-state index is 5.85. The van der Waals surface area contributed by atoms with E-state index in [1.54, 1.807) is 0 Å². The predicted octanol–water partition coefficient (Wildman–Crippen LogP) is 3.52. The molecule has 0 amide bonds. The van der Waals surface area contributed by atoms with E-state index >= 15 is 0 Å². The molecule has 0 aliphatic heterocycles. The van der Waals surface area contributed by atoms with Gasteiger partial charge < -0.3 is 10.3 Å². The van der Waals surface area contributed by atoms with Crippen molar-refractivity contribution in [1.82, 2.24) is 10.1 Å². The van der Waals surface area contributed by atoms with Crippen LogP contribution >= 0.6 is 0 Å². The highest BCUT2D eigenvalue weighted by molar-refractivity contribution is 5.54. The number of nitrogens with zero attached hydrogens (tertiary/aromatic N) is 2. The van der Waals surface area contributed by atoms with Gasteiger partial charge in [-0.3, -0.25) is 0 Å². The van der Waals surface area contributed by atoms with Crippen LogP contribution in [0.2, 0.25) is 0 Å². The largest absolute Gasteiger partial charge is 0.339 e. The van der Waals surface area contributed by atoms with Crippen LogP contribution in [0.4, 0.5) is 0 Å². The van der Waals surface area contributed by atoms with Gasteiger partial charge in [-0.05, 0) is 18.8 Å². The molecule has 0 saturated heterocycles. The molecule has 4 nitrogen and oxygen atoms in total. The first-order valence-corrected chi connectivity index (χ1v) is 7.00. The van der Waals surface area contributed by atoms with E-state index in [4.69, 9.17) is 10.3 Å². The normalized spacial score (nSPS) is 13.4. The van der Waals surface area contributed by atoms with E-state index in [0.717, 1.165) is 12.0 Å². The summed E-state index contributed by atoms with van der Waals surface area (Å²) in [6.07, 6.45) is 0.930. The van der Waals surface area contributed by atoms with Crippen molar-refractivity contribution < 1.29 is 4.52 Å². The number of aromatic nitrogens is 2. The molecule has 0 bridgehead atoms. The van der Waals surface area contributed by atoms with Crippen LogP contribution < -0.4 is 5.73 Å². The third-order valence-electron chi connectivity index (χ3n) is 3.24. The molecule has 2 aromatic rings. The Labute approximate surface area is 120 Å². The Morgan fingerprint density at radius 2 is 1.85 bits per heavy atom. The molecule has 0 spiro atoms. The Morgan fingerprint density at radius 3 is 2.40 bits per heavy atom. The molecule has 0 aliphatic carbocycles. The molecule has 1 aromatic heterocycles. The van der Waals surface area contributed by atoms with Gasteiger partial charge in [0, 0.05) is 12.1 Å². The minimum absolute atomic E-state index is 0.113. The third kappa shape index (κ3) is 3.67. The number of aryl methyl sites for hydroxylation is 1. The molecular weight excluding hydrogens is 250 g/mol. The highest BCUT2D eigenvalue weighted by atomic mass is 16.5. The van der Waals surface area contributed by atoms with Gasteiger partial charge in [-0.1, -0.05) is 55.8 Å². The zero-order valence-electron chi connectivity index (χ0n) is 12.7. The molecule has 0 saturated carbocycles. The molecule has 0 fully saturated rings. The number of rotatable bonds is 4. The first kappa shape index (κ1) is 14.7. The maximum Gasteiger partial charge on any atom is 0.231 e. The fraction of sp³-hybridized carbons (Fsp3) is 0.500. The quantitative estimate of drug-likeness (QED) is 0.925. The van der Waals surface area contributed by atoms with Gasteiger partial charge in [-0.25, -0.2) is 0 Å². The lowest BCUT2D eigenvalue weighted by Gasteiger charge is -2.22. The van der Waals surface area contributed by atoms with Crippen LogP contribution in [0.3, 0.4) is 0 Å². The first-order valence-electron chi connectivity index (χ1n) is 7.00. The number of hydrogen-bond donors (Lipinski definition) is 1. The monoisotopic (exact) mass is 273 g/mol. The van der Waals surface area contributed by atoms with Gasteiger partial charge in [-0.2, -0.15) is 4.98 Å². The molecule has 108 valence electrons. The van der Waals surface area contributed by atoms with Crippen molar-refractivity contribution in [2.24, 2.45) is 11.1 Å². The standard InChI is InChI=1S/C16H23N3O/c1-11-5-7-12(8-6-11)14-18-15(20-19-14)13(10-17)9-16(2,3)4/h5-8,13H,9-10,17H2,1-4H3. The molecule has 1 aromatic carbocycles. The second-order valence-corrected chi connectivity index (χ2v) is 6.52. The second-order valence-electron chi connectivity index (χ2n) is 6.52. The van der Waals surface area contributed by atoms with Crippen LogP contribution in [-0.4, -0.2) is 16.7 Å². The van der Waals surface area contributed by atoms with Crippen LogP contribution in [0.5, 0.6) is 0 Å². The molecule has 1 atom stereocenters. The Hall–Kier alpha value is -1.68. The van der Waals surface area contributed by atoms with Gasteiger partial charge in [0.2, 0.25) is 11.7 Å². The van der Waals surface area contributed by atoms with Crippen LogP contribution in [-0.2, 0) is 0 Å². The summed E-state index contributed by atoms with van der Waals surface area (Å²) in [6.45, 7) is 9.14. The smallest absolute Gasteiger partial charge is 0.231 e. The van der Waals surface area contributed by atoms with Gasteiger partial charge in [0.1, 0.15) is 0 Å². The number of hydrogen-bond acceptors (Lipinski definition) is 4. The van der Waals surface area contributed by atoms with E-state index in [9.17, 15) is 0 Å². The molecule has 20 heavy (non-hydrogen) atoms. The molecule has 1 heterocycles. The van der Waals surface area contributed by atoms with Crippen molar-refractivity contribution in [3.8, 4) is 11.4 Å². The number of nitrogens with two attached hydrogens (primary N) is 1. The lowest BCUT2D eigenvalue weighted by Crippen LogP contribution is -2.19. The molecular formula is C16H23N3O. The van der Waals surface area contributed by atoms with Crippen molar-refractivity contribution in [2.45, 2.75) is 40.0 Å². The van der Waals surface area contributed by atoms with Gasteiger partial charge in [0.25, 0.3) is 0 Å². The lowest BCUT2D eigenvalue weighted by atomic mass is 9.84. The fourth-order valence-electron chi connectivity index (χ4n) is 2.23. The Kier molecular flexibility index (Phi) is 4.23. The summed E-state index contributed by atoms with van der Waals surface area (Å²) in [5, 5.41) is 4.07. The lowest BCUT2D eigenvalue weighted by molar-refractivity contribution is 0.287. The van der Waals surface area contributed by atoms with E-state index in [2.05, 4.69) is 37.8 Å².